The van der Waals surface area contributed by atoms with Crippen LogP contribution in [-0.2, 0) is 6.42 Å². The molecule has 108 valence electrons. The van der Waals surface area contributed by atoms with Gasteiger partial charge in [0.2, 0.25) is 0 Å². The Hall–Kier alpha value is -1.70. The third-order valence-electron chi connectivity index (χ3n) is 4.04. The fraction of sp³-hybridized carbons (Fsp3) is 0.444. The molecule has 0 unspecified atom stereocenters. The summed E-state index contributed by atoms with van der Waals surface area (Å²) in [4.78, 5) is 2.54. The molecule has 1 saturated heterocycles. The van der Waals surface area contributed by atoms with E-state index in [0.717, 1.165) is 17.8 Å². The van der Waals surface area contributed by atoms with E-state index in [-0.39, 0.29) is 0 Å². The number of piperidine rings is 1. The molecular weight excluding hydrogens is 244 g/mol. The molecule has 2 heteroatoms. The molecular formula is C18H26N2. The minimum Gasteiger partial charge on any atom is -0.371 e. The minimum atomic E-state index is 0.848. The summed E-state index contributed by atoms with van der Waals surface area (Å²) in [5.41, 5.74) is 6.09. The van der Waals surface area contributed by atoms with Crippen LogP contribution in [0.2, 0.25) is 0 Å². The standard InChI is InChI=1S/C18H26N2/c1-5-15(4)19-17-13-16(6-2)18(12-14(17)3)20-10-8-7-9-11-20/h5,12-13,19H,1,4,6-11H2,2-3H3. The van der Waals surface area contributed by atoms with Crippen LogP contribution in [0.4, 0.5) is 11.4 Å². The highest BCUT2D eigenvalue weighted by atomic mass is 15.1. The highest BCUT2D eigenvalue weighted by Gasteiger charge is 2.15. The lowest BCUT2D eigenvalue weighted by Gasteiger charge is -2.31. The van der Waals surface area contributed by atoms with Crippen molar-refractivity contribution in [2.45, 2.75) is 39.5 Å². The smallest absolute Gasteiger partial charge is 0.0418 e. The average molecular weight is 270 g/mol. The molecule has 0 aromatic heterocycles. The number of nitrogens with one attached hydrogen (secondary N) is 1. The van der Waals surface area contributed by atoms with Gasteiger partial charge in [-0.3, -0.25) is 0 Å². The summed E-state index contributed by atoms with van der Waals surface area (Å²) < 4.78 is 0. The highest BCUT2D eigenvalue weighted by molar-refractivity contribution is 5.67. The van der Waals surface area contributed by atoms with E-state index in [1.54, 1.807) is 6.08 Å². The van der Waals surface area contributed by atoms with E-state index in [0.29, 0.717) is 0 Å². The molecule has 0 bridgehead atoms. The van der Waals surface area contributed by atoms with E-state index in [4.69, 9.17) is 0 Å². The van der Waals surface area contributed by atoms with Crippen LogP contribution in [0.1, 0.15) is 37.3 Å². The fourth-order valence-corrected chi connectivity index (χ4v) is 2.81. The van der Waals surface area contributed by atoms with Crippen LogP contribution in [0, 0.1) is 6.92 Å². The summed E-state index contributed by atoms with van der Waals surface area (Å²) in [7, 11) is 0. The van der Waals surface area contributed by atoms with Crippen LogP contribution < -0.4 is 10.2 Å². The summed E-state index contributed by atoms with van der Waals surface area (Å²) in [5, 5.41) is 3.33. The lowest BCUT2D eigenvalue weighted by atomic mass is 10.0. The van der Waals surface area contributed by atoms with E-state index in [1.807, 2.05) is 0 Å². The molecule has 1 aromatic rings. The third-order valence-corrected chi connectivity index (χ3v) is 4.04. The molecule has 0 amide bonds. The number of anilines is 2. The number of hydrogen-bond acceptors (Lipinski definition) is 2. The molecule has 0 radical (unpaired) electrons. The van der Waals surface area contributed by atoms with E-state index >= 15 is 0 Å². The molecule has 1 fully saturated rings. The van der Waals surface area contributed by atoms with Gasteiger partial charge in [-0.05, 0) is 61.9 Å². The molecule has 0 atom stereocenters. The van der Waals surface area contributed by atoms with Crippen LogP contribution in [0.15, 0.2) is 37.1 Å². The van der Waals surface area contributed by atoms with Gasteiger partial charge < -0.3 is 10.2 Å². The first-order valence-corrected chi connectivity index (χ1v) is 7.62. The largest absolute Gasteiger partial charge is 0.371 e. The summed E-state index contributed by atoms with van der Waals surface area (Å²) >= 11 is 0. The van der Waals surface area contributed by atoms with Gasteiger partial charge in [0.05, 0.1) is 0 Å². The predicted octanol–water partition coefficient (Wildman–Crippen LogP) is 4.66. The van der Waals surface area contributed by atoms with Crippen molar-refractivity contribution in [3.8, 4) is 0 Å². The van der Waals surface area contributed by atoms with Gasteiger partial charge in [0.25, 0.3) is 0 Å². The second-order valence-corrected chi connectivity index (χ2v) is 5.55. The molecule has 20 heavy (non-hydrogen) atoms. The van der Waals surface area contributed by atoms with Gasteiger partial charge in [-0.15, -0.1) is 0 Å². The predicted molar refractivity (Wildman–Crippen MR) is 89.6 cm³/mol. The van der Waals surface area contributed by atoms with E-state index in [1.165, 1.54) is 49.2 Å². The summed E-state index contributed by atoms with van der Waals surface area (Å²) in [6, 6.07) is 4.59. The van der Waals surface area contributed by atoms with Crippen molar-refractivity contribution in [2.24, 2.45) is 0 Å². The Balaban J connectivity index is 2.31. The van der Waals surface area contributed by atoms with Gasteiger partial charge in [-0.25, -0.2) is 0 Å². The van der Waals surface area contributed by atoms with Crippen molar-refractivity contribution in [1.82, 2.24) is 0 Å². The number of allylic oxidation sites excluding steroid dienone is 1. The van der Waals surface area contributed by atoms with Gasteiger partial charge in [-0.1, -0.05) is 20.1 Å². The van der Waals surface area contributed by atoms with Crippen molar-refractivity contribution in [1.29, 1.82) is 0 Å². The second-order valence-electron chi connectivity index (χ2n) is 5.55. The number of rotatable bonds is 5. The SMILES string of the molecule is C=CC(=C)Nc1cc(CC)c(N2CCCCC2)cc1C. The summed E-state index contributed by atoms with van der Waals surface area (Å²) in [6.45, 7) is 14.5. The molecule has 0 aliphatic carbocycles. The first-order valence-electron chi connectivity index (χ1n) is 7.62. The fourth-order valence-electron chi connectivity index (χ4n) is 2.81. The first-order chi connectivity index (χ1) is 9.65. The van der Waals surface area contributed by atoms with Crippen molar-refractivity contribution < 1.29 is 0 Å². The van der Waals surface area contributed by atoms with Crippen LogP contribution in [0.25, 0.3) is 0 Å². The number of hydrogen-bond donors (Lipinski definition) is 1. The Morgan fingerprint density at radius 1 is 1.30 bits per heavy atom. The zero-order valence-corrected chi connectivity index (χ0v) is 12.8. The van der Waals surface area contributed by atoms with Crippen LogP contribution >= 0.6 is 0 Å². The molecule has 2 rings (SSSR count). The normalized spacial score (nSPS) is 15.0. The van der Waals surface area contributed by atoms with Gasteiger partial charge in [0, 0.05) is 30.2 Å². The molecule has 1 heterocycles. The van der Waals surface area contributed by atoms with Crippen molar-refractivity contribution in [3.05, 3.63) is 48.2 Å². The minimum absolute atomic E-state index is 0.848. The van der Waals surface area contributed by atoms with Crippen LogP contribution in [0.5, 0.6) is 0 Å². The summed E-state index contributed by atoms with van der Waals surface area (Å²) in [6.07, 6.45) is 6.81. The quantitative estimate of drug-likeness (QED) is 0.783. The lowest BCUT2D eigenvalue weighted by molar-refractivity contribution is 0.576. The maximum atomic E-state index is 3.94. The highest BCUT2D eigenvalue weighted by Crippen LogP contribution is 2.30. The topological polar surface area (TPSA) is 15.3 Å². The second kappa shape index (κ2) is 6.65. The molecule has 1 N–H and O–H groups in total. The molecule has 1 aliphatic rings. The zero-order chi connectivity index (χ0) is 14.5. The molecule has 2 nitrogen and oxygen atoms in total. The Labute approximate surface area is 123 Å². The molecule has 0 spiro atoms. The maximum Gasteiger partial charge on any atom is 0.0418 e. The monoisotopic (exact) mass is 270 g/mol. The van der Waals surface area contributed by atoms with Gasteiger partial charge in [0.1, 0.15) is 0 Å². The van der Waals surface area contributed by atoms with E-state index in [9.17, 15) is 0 Å². The van der Waals surface area contributed by atoms with Crippen LogP contribution in [-0.4, -0.2) is 13.1 Å². The van der Waals surface area contributed by atoms with Crippen molar-refractivity contribution >= 4 is 11.4 Å². The Bertz CT molecular complexity index is 496. The Morgan fingerprint density at radius 3 is 2.60 bits per heavy atom. The molecule has 1 aromatic carbocycles. The molecule has 1 aliphatic heterocycles. The van der Waals surface area contributed by atoms with Gasteiger partial charge in [0.15, 0.2) is 0 Å². The van der Waals surface area contributed by atoms with Gasteiger partial charge >= 0.3 is 0 Å². The third kappa shape index (κ3) is 3.24. The van der Waals surface area contributed by atoms with E-state index < -0.39 is 0 Å². The van der Waals surface area contributed by atoms with E-state index in [2.05, 4.69) is 49.4 Å². The number of aryl methyl sites for hydroxylation is 2. The Morgan fingerprint density at radius 2 is 2.00 bits per heavy atom. The molecule has 0 saturated carbocycles. The van der Waals surface area contributed by atoms with Gasteiger partial charge in [-0.2, -0.15) is 0 Å². The summed E-state index contributed by atoms with van der Waals surface area (Å²) in [5.74, 6) is 0. The first kappa shape index (κ1) is 14.7. The number of benzene rings is 1. The van der Waals surface area contributed by atoms with Crippen molar-refractivity contribution in [3.63, 3.8) is 0 Å². The number of nitrogens with zero attached hydrogens (tertiary/aromatic N) is 1. The zero-order valence-electron chi connectivity index (χ0n) is 12.8. The van der Waals surface area contributed by atoms with Crippen molar-refractivity contribution in [2.75, 3.05) is 23.3 Å². The lowest BCUT2D eigenvalue weighted by Crippen LogP contribution is -2.30. The van der Waals surface area contributed by atoms with Crippen LogP contribution in [0.3, 0.4) is 0 Å². The average Bonchev–Trinajstić information content (AvgIpc) is 2.49. The Kier molecular flexibility index (Phi) is 4.89. The maximum absolute atomic E-state index is 3.94.